The van der Waals surface area contributed by atoms with Crippen molar-refractivity contribution in [3.63, 3.8) is 0 Å². The molecule has 2 aromatic rings. The molecule has 0 saturated carbocycles. The maximum atomic E-state index is 6.09. The molecule has 100 valence electrons. The standard InChI is InChI=1S/C15H16BrClN2/c16-7-8-18-15-11-3-1-2-4-13(11)19-14-9-10(17)5-6-12(14)15/h5-6,9H,1-4,7-8H2,(H,18,19). The van der Waals surface area contributed by atoms with Crippen LogP contribution < -0.4 is 5.32 Å². The van der Waals surface area contributed by atoms with Gasteiger partial charge in [0, 0.05) is 33.7 Å². The first kappa shape index (κ1) is 13.2. The average Bonchev–Trinajstić information content (AvgIpc) is 2.43. The number of alkyl halides is 1. The fourth-order valence-corrected chi connectivity index (χ4v) is 3.14. The number of hydrogen-bond acceptors (Lipinski definition) is 2. The lowest BCUT2D eigenvalue weighted by Crippen LogP contribution is -2.12. The predicted octanol–water partition coefficient (Wildman–Crippen LogP) is 4.57. The van der Waals surface area contributed by atoms with Crippen LogP contribution >= 0.6 is 27.5 Å². The Hall–Kier alpha value is -0.800. The molecule has 1 aliphatic carbocycles. The SMILES string of the molecule is Clc1ccc2c(NCCBr)c3c(nc2c1)CCCC3. The molecule has 0 aliphatic heterocycles. The highest BCUT2D eigenvalue weighted by atomic mass is 79.9. The number of pyridine rings is 1. The molecule has 0 atom stereocenters. The maximum Gasteiger partial charge on any atom is 0.0741 e. The quantitative estimate of drug-likeness (QED) is 0.828. The number of benzene rings is 1. The van der Waals surface area contributed by atoms with E-state index in [-0.39, 0.29) is 0 Å². The molecule has 0 radical (unpaired) electrons. The van der Waals surface area contributed by atoms with Crippen molar-refractivity contribution >= 4 is 44.1 Å². The van der Waals surface area contributed by atoms with Gasteiger partial charge in [-0.05, 0) is 49.4 Å². The summed E-state index contributed by atoms with van der Waals surface area (Å²) in [5, 5.41) is 6.44. The van der Waals surface area contributed by atoms with Crippen molar-refractivity contribution in [3.8, 4) is 0 Å². The van der Waals surface area contributed by atoms with Crippen LogP contribution in [0.15, 0.2) is 18.2 Å². The van der Waals surface area contributed by atoms with E-state index in [1.54, 1.807) is 0 Å². The normalized spacial score (nSPS) is 14.4. The zero-order chi connectivity index (χ0) is 13.2. The lowest BCUT2D eigenvalue weighted by atomic mass is 9.92. The Morgan fingerprint density at radius 2 is 2.11 bits per heavy atom. The molecule has 3 rings (SSSR count). The summed E-state index contributed by atoms with van der Waals surface area (Å²) in [7, 11) is 0. The third kappa shape index (κ3) is 2.59. The minimum Gasteiger partial charge on any atom is -0.383 e. The number of anilines is 1. The van der Waals surface area contributed by atoms with Gasteiger partial charge >= 0.3 is 0 Å². The van der Waals surface area contributed by atoms with Crippen molar-refractivity contribution in [2.75, 3.05) is 17.2 Å². The van der Waals surface area contributed by atoms with Gasteiger partial charge < -0.3 is 5.32 Å². The second-order valence-corrected chi connectivity index (χ2v) is 6.13. The number of rotatable bonds is 3. The molecule has 0 unspecified atom stereocenters. The van der Waals surface area contributed by atoms with E-state index in [4.69, 9.17) is 16.6 Å². The Kier molecular flexibility index (Phi) is 3.94. The van der Waals surface area contributed by atoms with Crippen LogP contribution in [-0.2, 0) is 12.8 Å². The van der Waals surface area contributed by atoms with Crippen LogP contribution in [0.1, 0.15) is 24.1 Å². The minimum atomic E-state index is 0.752. The molecule has 19 heavy (non-hydrogen) atoms. The molecule has 1 N–H and O–H groups in total. The number of aryl methyl sites for hydroxylation is 1. The van der Waals surface area contributed by atoms with E-state index >= 15 is 0 Å². The number of aromatic nitrogens is 1. The van der Waals surface area contributed by atoms with Crippen molar-refractivity contribution in [2.24, 2.45) is 0 Å². The summed E-state index contributed by atoms with van der Waals surface area (Å²) in [5.41, 5.74) is 4.92. The zero-order valence-corrected chi connectivity index (χ0v) is 13.0. The van der Waals surface area contributed by atoms with Crippen molar-refractivity contribution in [2.45, 2.75) is 25.7 Å². The lowest BCUT2D eigenvalue weighted by molar-refractivity contribution is 0.672. The van der Waals surface area contributed by atoms with Gasteiger partial charge in [0.25, 0.3) is 0 Å². The fraction of sp³-hybridized carbons (Fsp3) is 0.400. The van der Waals surface area contributed by atoms with Crippen LogP contribution in [-0.4, -0.2) is 16.9 Å². The van der Waals surface area contributed by atoms with Crippen LogP contribution in [0.25, 0.3) is 10.9 Å². The second kappa shape index (κ2) is 5.68. The third-order valence-corrected chi connectivity index (χ3v) is 4.25. The molecule has 1 aromatic heterocycles. The summed E-state index contributed by atoms with van der Waals surface area (Å²) >= 11 is 9.57. The number of nitrogens with zero attached hydrogens (tertiary/aromatic N) is 1. The highest BCUT2D eigenvalue weighted by Crippen LogP contribution is 2.34. The van der Waals surface area contributed by atoms with E-state index in [2.05, 4.69) is 27.3 Å². The molecule has 2 nitrogen and oxygen atoms in total. The third-order valence-electron chi connectivity index (χ3n) is 3.62. The van der Waals surface area contributed by atoms with E-state index < -0.39 is 0 Å². The molecule has 0 amide bonds. The van der Waals surface area contributed by atoms with Gasteiger partial charge in [-0.25, -0.2) is 0 Å². The van der Waals surface area contributed by atoms with Crippen molar-refractivity contribution < 1.29 is 0 Å². The van der Waals surface area contributed by atoms with E-state index in [9.17, 15) is 0 Å². The smallest absolute Gasteiger partial charge is 0.0741 e. The van der Waals surface area contributed by atoms with Crippen LogP contribution in [0.2, 0.25) is 5.02 Å². The van der Waals surface area contributed by atoms with Gasteiger partial charge in [-0.15, -0.1) is 0 Å². The first-order valence-corrected chi connectivity index (χ1v) is 8.20. The van der Waals surface area contributed by atoms with Gasteiger partial charge in [0.2, 0.25) is 0 Å². The number of fused-ring (bicyclic) bond motifs is 2. The summed E-state index contributed by atoms with van der Waals surface area (Å²) in [5.74, 6) is 0. The summed E-state index contributed by atoms with van der Waals surface area (Å²) in [6, 6.07) is 5.99. The lowest BCUT2D eigenvalue weighted by Gasteiger charge is -2.21. The highest BCUT2D eigenvalue weighted by Gasteiger charge is 2.17. The van der Waals surface area contributed by atoms with Gasteiger partial charge in [-0.3, -0.25) is 4.98 Å². The van der Waals surface area contributed by atoms with Crippen LogP contribution in [0.3, 0.4) is 0 Å². The van der Waals surface area contributed by atoms with Crippen molar-refractivity contribution in [1.29, 1.82) is 0 Å². The minimum absolute atomic E-state index is 0.752. The first-order valence-electron chi connectivity index (χ1n) is 6.70. The molecule has 0 fully saturated rings. The fourth-order valence-electron chi connectivity index (χ4n) is 2.77. The largest absolute Gasteiger partial charge is 0.383 e. The molecule has 1 aromatic carbocycles. The highest BCUT2D eigenvalue weighted by molar-refractivity contribution is 9.09. The summed E-state index contributed by atoms with van der Waals surface area (Å²) < 4.78 is 0. The summed E-state index contributed by atoms with van der Waals surface area (Å²) in [4.78, 5) is 4.81. The van der Waals surface area contributed by atoms with Gasteiger partial charge in [-0.1, -0.05) is 27.5 Å². The van der Waals surface area contributed by atoms with Gasteiger partial charge in [0.15, 0.2) is 0 Å². The number of nitrogens with one attached hydrogen (secondary N) is 1. The van der Waals surface area contributed by atoms with Crippen LogP contribution in [0.4, 0.5) is 5.69 Å². The molecule has 0 bridgehead atoms. The number of hydrogen-bond donors (Lipinski definition) is 1. The van der Waals surface area contributed by atoms with Crippen LogP contribution in [0, 0.1) is 0 Å². The van der Waals surface area contributed by atoms with Gasteiger partial charge in [-0.2, -0.15) is 0 Å². The Morgan fingerprint density at radius 1 is 1.26 bits per heavy atom. The topological polar surface area (TPSA) is 24.9 Å². The maximum absolute atomic E-state index is 6.09. The first-order chi connectivity index (χ1) is 9.29. The Balaban J connectivity index is 2.20. The molecule has 0 saturated heterocycles. The summed E-state index contributed by atoms with van der Waals surface area (Å²) in [6.45, 7) is 0.925. The van der Waals surface area contributed by atoms with E-state index in [0.717, 1.165) is 35.3 Å². The molecule has 1 aliphatic rings. The Morgan fingerprint density at radius 3 is 2.95 bits per heavy atom. The van der Waals surface area contributed by atoms with E-state index in [1.807, 2.05) is 12.1 Å². The zero-order valence-electron chi connectivity index (χ0n) is 10.7. The van der Waals surface area contributed by atoms with E-state index in [0.29, 0.717) is 0 Å². The molecular formula is C15H16BrClN2. The molecule has 1 heterocycles. The molecule has 4 heteroatoms. The predicted molar refractivity (Wildman–Crippen MR) is 85.7 cm³/mol. The van der Waals surface area contributed by atoms with Gasteiger partial charge in [0.05, 0.1) is 5.52 Å². The Labute approximate surface area is 126 Å². The summed E-state index contributed by atoms with van der Waals surface area (Å²) in [6.07, 6.45) is 4.72. The van der Waals surface area contributed by atoms with Crippen molar-refractivity contribution in [3.05, 3.63) is 34.5 Å². The van der Waals surface area contributed by atoms with Crippen LogP contribution in [0.5, 0.6) is 0 Å². The number of halogens is 2. The monoisotopic (exact) mass is 338 g/mol. The molecule has 0 spiro atoms. The van der Waals surface area contributed by atoms with Crippen molar-refractivity contribution in [1.82, 2.24) is 4.98 Å². The van der Waals surface area contributed by atoms with Gasteiger partial charge in [0.1, 0.15) is 0 Å². The molecular weight excluding hydrogens is 324 g/mol. The second-order valence-electron chi connectivity index (χ2n) is 4.90. The average molecular weight is 340 g/mol. The Bertz CT molecular complexity index is 613. The van der Waals surface area contributed by atoms with E-state index in [1.165, 1.54) is 35.2 Å².